The van der Waals surface area contributed by atoms with Gasteiger partial charge in [-0.25, -0.2) is 13.2 Å². The second-order valence-electron chi connectivity index (χ2n) is 11.4. The molecule has 0 aliphatic heterocycles. The second kappa shape index (κ2) is 31.3. The molecule has 0 bridgehead atoms. The van der Waals surface area contributed by atoms with Gasteiger partial charge in [0.25, 0.3) is 0 Å². The number of hydrogen-bond donors (Lipinski definition) is 1. The van der Waals surface area contributed by atoms with Gasteiger partial charge in [0.05, 0.1) is 112 Å². The molecular weight excluding hydrogens is 761 g/mol. The van der Waals surface area contributed by atoms with Crippen LogP contribution in [0.3, 0.4) is 0 Å². The lowest BCUT2D eigenvalue weighted by Gasteiger charge is -2.09. The fourth-order valence-electron chi connectivity index (χ4n) is 4.19. The average molecular weight is 812 g/mol. The van der Waals surface area contributed by atoms with Crippen molar-refractivity contribution in [1.29, 1.82) is 0 Å². The van der Waals surface area contributed by atoms with Crippen LogP contribution in [0.15, 0.2) is 30.3 Å². The number of esters is 2. The molecule has 0 aliphatic carbocycles. The minimum absolute atomic E-state index is 0.0694. The molecule has 0 saturated carbocycles. The topological polar surface area (TPSA) is 156 Å². The van der Waals surface area contributed by atoms with E-state index in [1.807, 2.05) is 30.3 Å². The van der Waals surface area contributed by atoms with E-state index in [1.54, 1.807) is 0 Å². The molecule has 2 aromatic carbocycles. The Labute approximate surface area is 322 Å². The molecule has 0 heterocycles. The van der Waals surface area contributed by atoms with Crippen molar-refractivity contribution in [2.75, 3.05) is 112 Å². The normalized spacial score (nSPS) is 11.2. The molecular formula is C37H50F5NO13. The fourth-order valence-corrected chi connectivity index (χ4v) is 4.19. The number of hydrogen-bond acceptors (Lipinski definition) is 13. The third-order valence-corrected chi connectivity index (χ3v) is 7.04. The number of benzene rings is 2. The third-order valence-electron chi connectivity index (χ3n) is 7.04. The highest BCUT2D eigenvalue weighted by Gasteiger charge is 2.28. The van der Waals surface area contributed by atoms with Crippen molar-refractivity contribution in [2.24, 2.45) is 0 Å². The Morgan fingerprint density at radius 2 is 0.875 bits per heavy atom. The van der Waals surface area contributed by atoms with Gasteiger partial charge in [0.1, 0.15) is 6.61 Å². The molecule has 0 fully saturated rings. The number of carbonyl (C=O) groups is 3. The number of nitrogens with one attached hydrogen (secondary N) is 1. The summed E-state index contributed by atoms with van der Waals surface area (Å²) in [4.78, 5) is 35.3. The molecule has 0 atom stereocenters. The van der Waals surface area contributed by atoms with Crippen LogP contribution >= 0.6 is 0 Å². The standard InChI is InChI=1S/C37H50F5NO13/c38-32-33(39)35(41)37(36(42)34(32)40)56-31(46)9-11-47-13-15-49-17-19-51-21-23-53-25-26-54-24-22-52-20-18-50-16-14-48-12-10-43-29(44)7-4-8-30(45)55-27-28-5-2-1-3-6-28/h1-3,5-6H,4,7-27H2,(H,43,44). The molecule has 0 aliphatic rings. The highest BCUT2D eigenvalue weighted by molar-refractivity contribution is 5.77. The molecule has 56 heavy (non-hydrogen) atoms. The second-order valence-corrected chi connectivity index (χ2v) is 11.4. The maximum Gasteiger partial charge on any atom is 0.313 e. The van der Waals surface area contributed by atoms with E-state index < -0.39 is 47.2 Å². The maximum absolute atomic E-state index is 13.6. The molecule has 316 valence electrons. The quantitative estimate of drug-likeness (QED) is 0.0272. The van der Waals surface area contributed by atoms with E-state index in [4.69, 9.17) is 42.6 Å². The summed E-state index contributed by atoms with van der Waals surface area (Å²) in [5.41, 5.74) is 0.913. The van der Waals surface area contributed by atoms with Crippen molar-refractivity contribution in [3.8, 4) is 5.75 Å². The number of halogens is 5. The minimum atomic E-state index is -2.35. The summed E-state index contributed by atoms with van der Waals surface area (Å²) in [7, 11) is 0. The van der Waals surface area contributed by atoms with Crippen molar-refractivity contribution < 1.29 is 83.7 Å². The smallest absolute Gasteiger partial charge is 0.313 e. The monoisotopic (exact) mass is 811 g/mol. The lowest BCUT2D eigenvalue weighted by molar-refractivity contribution is -0.145. The van der Waals surface area contributed by atoms with Gasteiger partial charge < -0.3 is 52.7 Å². The van der Waals surface area contributed by atoms with Crippen molar-refractivity contribution in [3.63, 3.8) is 0 Å². The van der Waals surface area contributed by atoms with Gasteiger partial charge in [-0.1, -0.05) is 30.3 Å². The minimum Gasteiger partial charge on any atom is -0.461 e. The molecule has 19 heteroatoms. The Bertz CT molecular complexity index is 1370. The molecule has 0 spiro atoms. The Morgan fingerprint density at radius 3 is 1.34 bits per heavy atom. The predicted molar refractivity (Wildman–Crippen MR) is 186 cm³/mol. The van der Waals surface area contributed by atoms with Gasteiger partial charge in [0, 0.05) is 19.4 Å². The molecule has 0 unspecified atom stereocenters. The van der Waals surface area contributed by atoms with E-state index in [1.165, 1.54) is 0 Å². The first kappa shape index (κ1) is 48.3. The van der Waals surface area contributed by atoms with E-state index in [9.17, 15) is 36.3 Å². The Hall–Kier alpha value is -3.82. The Morgan fingerprint density at radius 1 is 0.464 bits per heavy atom. The zero-order valence-electron chi connectivity index (χ0n) is 31.1. The van der Waals surface area contributed by atoms with E-state index >= 15 is 0 Å². The number of amides is 1. The van der Waals surface area contributed by atoms with Crippen LogP contribution < -0.4 is 10.1 Å². The summed E-state index contributed by atoms with van der Waals surface area (Å²) in [6, 6.07) is 9.39. The number of ether oxygens (including phenoxy) is 10. The number of rotatable bonds is 34. The molecule has 14 nitrogen and oxygen atoms in total. The summed E-state index contributed by atoms with van der Waals surface area (Å²) in [5.74, 6) is -14.7. The highest BCUT2D eigenvalue weighted by Crippen LogP contribution is 2.29. The summed E-state index contributed by atoms with van der Waals surface area (Å²) >= 11 is 0. The van der Waals surface area contributed by atoms with Crippen LogP contribution in [-0.4, -0.2) is 130 Å². The maximum atomic E-state index is 13.6. The van der Waals surface area contributed by atoms with Crippen LogP contribution in [0, 0.1) is 29.1 Å². The molecule has 2 rings (SSSR count). The van der Waals surface area contributed by atoms with Gasteiger partial charge in [-0.3, -0.25) is 14.4 Å². The van der Waals surface area contributed by atoms with Gasteiger partial charge >= 0.3 is 11.9 Å². The van der Waals surface area contributed by atoms with Gasteiger partial charge in [-0.2, -0.15) is 8.78 Å². The van der Waals surface area contributed by atoms with Gasteiger partial charge in [0.15, 0.2) is 0 Å². The SMILES string of the molecule is O=C(CCCC(=O)OCc1ccccc1)NCCOCCOCCOCCOCCOCCOCCOCCOCCC(=O)Oc1c(F)c(F)c(F)c(F)c1F. The molecule has 1 N–H and O–H groups in total. The first-order valence-corrected chi connectivity index (χ1v) is 18.0. The van der Waals surface area contributed by atoms with Crippen LogP contribution in [0.1, 0.15) is 31.2 Å². The van der Waals surface area contributed by atoms with Crippen molar-refractivity contribution in [2.45, 2.75) is 32.3 Å². The van der Waals surface area contributed by atoms with Crippen LogP contribution in [-0.2, 0) is 63.6 Å². The molecule has 0 radical (unpaired) electrons. The van der Waals surface area contributed by atoms with Gasteiger partial charge in [-0.05, 0) is 12.0 Å². The molecule has 2 aromatic rings. The predicted octanol–water partition coefficient (Wildman–Crippen LogP) is 3.84. The summed E-state index contributed by atoms with van der Waals surface area (Å²) in [6.45, 7) is 5.31. The summed E-state index contributed by atoms with van der Waals surface area (Å²) in [6.07, 6.45) is 0.330. The van der Waals surface area contributed by atoms with Gasteiger partial charge in [0.2, 0.25) is 40.7 Å². The lowest BCUT2D eigenvalue weighted by Crippen LogP contribution is -2.27. The van der Waals surface area contributed by atoms with Crippen LogP contribution in [0.4, 0.5) is 22.0 Å². The zero-order valence-corrected chi connectivity index (χ0v) is 31.1. The van der Waals surface area contributed by atoms with E-state index in [0.29, 0.717) is 92.2 Å². The molecule has 1 amide bonds. The summed E-state index contributed by atoms with van der Waals surface area (Å²) < 4.78 is 119. The molecule has 0 saturated heterocycles. The van der Waals surface area contributed by atoms with Crippen LogP contribution in [0.5, 0.6) is 5.75 Å². The first-order chi connectivity index (χ1) is 27.2. The Kier molecular flexibility index (Phi) is 27.0. The highest BCUT2D eigenvalue weighted by atomic mass is 19.2. The van der Waals surface area contributed by atoms with E-state index in [2.05, 4.69) is 10.1 Å². The summed E-state index contributed by atoms with van der Waals surface area (Å²) in [5, 5.41) is 2.74. The van der Waals surface area contributed by atoms with Gasteiger partial charge in [-0.15, -0.1) is 0 Å². The van der Waals surface area contributed by atoms with Crippen molar-refractivity contribution in [1.82, 2.24) is 5.32 Å². The third kappa shape index (κ3) is 22.7. The lowest BCUT2D eigenvalue weighted by atomic mass is 10.2. The zero-order chi connectivity index (χ0) is 40.6. The average Bonchev–Trinajstić information content (AvgIpc) is 3.20. The fraction of sp³-hybridized carbons (Fsp3) is 0.595. The van der Waals surface area contributed by atoms with Crippen LogP contribution in [0.2, 0.25) is 0 Å². The van der Waals surface area contributed by atoms with Crippen molar-refractivity contribution >= 4 is 17.8 Å². The van der Waals surface area contributed by atoms with Crippen LogP contribution in [0.25, 0.3) is 0 Å². The van der Waals surface area contributed by atoms with E-state index in [-0.39, 0.29) is 57.8 Å². The number of carbonyl (C=O) groups excluding carboxylic acids is 3. The largest absolute Gasteiger partial charge is 0.461 e. The molecule has 0 aromatic heterocycles. The first-order valence-electron chi connectivity index (χ1n) is 18.0. The van der Waals surface area contributed by atoms with E-state index in [0.717, 1.165) is 5.56 Å². The Balaban J connectivity index is 1.23. The van der Waals surface area contributed by atoms with Crippen molar-refractivity contribution in [3.05, 3.63) is 65.0 Å².